The zero-order chi connectivity index (χ0) is 10.6. The molecule has 4 heteroatoms. The first-order chi connectivity index (χ1) is 6.65. The third-order valence-corrected chi connectivity index (χ3v) is 2.83. The highest BCUT2D eigenvalue weighted by atomic mass is 79.9. The largest absolute Gasteiger partial charge is 0.338 e. The number of rotatable bonds is 2. The minimum Gasteiger partial charge on any atom is -0.338 e. The minimum absolute atomic E-state index is 0.182. The number of anilines is 1. The zero-order valence-corrected chi connectivity index (χ0v) is 9.81. The van der Waals surface area contributed by atoms with E-state index < -0.39 is 0 Å². The molecule has 0 bridgehead atoms. The lowest BCUT2D eigenvalue weighted by Crippen LogP contribution is -2.28. The molecule has 0 heterocycles. The summed E-state index contributed by atoms with van der Waals surface area (Å²) in [6.45, 7) is 4.48. The van der Waals surface area contributed by atoms with Crippen LogP contribution in [0.25, 0.3) is 0 Å². The van der Waals surface area contributed by atoms with E-state index in [2.05, 4.69) is 26.6 Å². The molecule has 0 atom stereocenters. The van der Waals surface area contributed by atoms with Crippen molar-refractivity contribution in [3.05, 3.63) is 28.2 Å². The molecule has 0 saturated heterocycles. The van der Waals surface area contributed by atoms with Gasteiger partial charge in [-0.1, -0.05) is 12.1 Å². The van der Waals surface area contributed by atoms with Crippen LogP contribution in [0.1, 0.15) is 12.5 Å². The van der Waals surface area contributed by atoms with Gasteiger partial charge in [0.25, 0.3) is 0 Å². The lowest BCUT2D eigenvalue weighted by molar-refractivity contribution is 0.252. The van der Waals surface area contributed by atoms with Gasteiger partial charge < -0.3 is 10.6 Å². The van der Waals surface area contributed by atoms with Gasteiger partial charge in [0, 0.05) is 11.0 Å². The summed E-state index contributed by atoms with van der Waals surface area (Å²) in [6.07, 6.45) is 0. The van der Waals surface area contributed by atoms with Crippen molar-refractivity contribution in [3.63, 3.8) is 0 Å². The Morgan fingerprint density at radius 1 is 1.50 bits per heavy atom. The Morgan fingerprint density at radius 3 is 2.86 bits per heavy atom. The van der Waals surface area contributed by atoms with E-state index in [0.29, 0.717) is 6.54 Å². The van der Waals surface area contributed by atoms with Crippen LogP contribution in [-0.4, -0.2) is 12.6 Å². The molecule has 0 unspecified atom stereocenters. The third kappa shape index (κ3) is 2.73. The van der Waals surface area contributed by atoms with Gasteiger partial charge in [0.1, 0.15) is 0 Å². The number of amides is 2. The summed E-state index contributed by atoms with van der Waals surface area (Å²) in [7, 11) is 0. The van der Waals surface area contributed by atoms with Gasteiger partial charge in [0.15, 0.2) is 0 Å². The van der Waals surface area contributed by atoms with Crippen LogP contribution < -0.4 is 10.6 Å². The summed E-state index contributed by atoms with van der Waals surface area (Å²) in [5.74, 6) is 0. The Balaban J connectivity index is 2.76. The monoisotopic (exact) mass is 256 g/mol. The van der Waals surface area contributed by atoms with Crippen molar-refractivity contribution >= 4 is 27.6 Å². The standard InChI is InChI=1S/C10H13BrN2O/c1-3-12-10(14)13-8-6-4-5-7(2)9(8)11/h4-6H,3H2,1-2H3,(H2,12,13,14). The van der Waals surface area contributed by atoms with Crippen LogP contribution >= 0.6 is 15.9 Å². The van der Waals surface area contributed by atoms with Crippen molar-refractivity contribution in [1.82, 2.24) is 5.32 Å². The molecular formula is C10H13BrN2O. The van der Waals surface area contributed by atoms with Crippen molar-refractivity contribution in [2.45, 2.75) is 13.8 Å². The first-order valence-corrected chi connectivity index (χ1v) is 5.24. The first kappa shape index (κ1) is 11.0. The highest BCUT2D eigenvalue weighted by Gasteiger charge is 2.04. The number of urea groups is 1. The molecule has 0 radical (unpaired) electrons. The maximum Gasteiger partial charge on any atom is 0.319 e. The van der Waals surface area contributed by atoms with Crippen LogP contribution in [0.3, 0.4) is 0 Å². The molecule has 0 aromatic heterocycles. The van der Waals surface area contributed by atoms with Crippen LogP contribution in [0, 0.1) is 6.92 Å². The number of carbonyl (C=O) groups is 1. The number of nitrogens with one attached hydrogen (secondary N) is 2. The van der Waals surface area contributed by atoms with Crippen molar-refractivity contribution in [2.24, 2.45) is 0 Å². The minimum atomic E-state index is -0.182. The smallest absolute Gasteiger partial charge is 0.319 e. The predicted octanol–water partition coefficient (Wildman–Crippen LogP) is 2.90. The van der Waals surface area contributed by atoms with Gasteiger partial charge in [0.2, 0.25) is 0 Å². The number of hydrogen-bond donors (Lipinski definition) is 2. The number of aryl methyl sites for hydroxylation is 1. The summed E-state index contributed by atoms with van der Waals surface area (Å²) in [4.78, 5) is 11.2. The molecule has 3 nitrogen and oxygen atoms in total. The van der Waals surface area contributed by atoms with E-state index in [-0.39, 0.29) is 6.03 Å². The summed E-state index contributed by atoms with van der Waals surface area (Å²) < 4.78 is 0.922. The van der Waals surface area contributed by atoms with E-state index in [1.165, 1.54) is 0 Å². The summed E-state index contributed by atoms with van der Waals surface area (Å²) >= 11 is 3.42. The molecule has 1 aromatic rings. The average Bonchev–Trinajstić information content (AvgIpc) is 2.13. The van der Waals surface area contributed by atoms with Gasteiger partial charge in [0.05, 0.1) is 5.69 Å². The predicted molar refractivity (Wildman–Crippen MR) is 61.6 cm³/mol. The molecule has 0 aliphatic carbocycles. The Morgan fingerprint density at radius 2 is 2.21 bits per heavy atom. The maximum atomic E-state index is 11.2. The van der Waals surface area contributed by atoms with Crippen LogP contribution in [-0.2, 0) is 0 Å². The molecule has 2 N–H and O–H groups in total. The molecule has 0 spiro atoms. The molecule has 0 saturated carbocycles. The molecule has 76 valence electrons. The second-order valence-corrected chi connectivity index (χ2v) is 3.71. The van der Waals surface area contributed by atoms with Crippen molar-refractivity contribution < 1.29 is 4.79 Å². The van der Waals surface area contributed by atoms with Crippen molar-refractivity contribution in [1.29, 1.82) is 0 Å². The molecule has 14 heavy (non-hydrogen) atoms. The fourth-order valence-corrected chi connectivity index (χ4v) is 1.43. The van der Waals surface area contributed by atoms with E-state index >= 15 is 0 Å². The lowest BCUT2D eigenvalue weighted by Gasteiger charge is -2.09. The van der Waals surface area contributed by atoms with Crippen molar-refractivity contribution in [3.8, 4) is 0 Å². The van der Waals surface area contributed by atoms with Gasteiger partial charge in [-0.05, 0) is 41.4 Å². The highest BCUT2D eigenvalue weighted by Crippen LogP contribution is 2.25. The van der Waals surface area contributed by atoms with E-state index in [0.717, 1.165) is 15.7 Å². The number of carbonyl (C=O) groups excluding carboxylic acids is 1. The Hall–Kier alpha value is -1.03. The first-order valence-electron chi connectivity index (χ1n) is 4.45. The summed E-state index contributed by atoms with van der Waals surface area (Å²) in [5, 5.41) is 5.42. The van der Waals surface area contributed by atoms with E-state index in [9.17, 15) is 4.79 Å². The fourth-order valence-electron chi connectivity index (χ4n) is 1.07. The highest BCUT2D eigenvalue weighted by molar-refractivity contribution is 9.10. The number of hydrogen-bond acceptors (Lipinski definition) is 1. The Labute approximate surface area is 92.0 Å². The number of halogens is 1. The molecule has 0 aliphatic heterocycles. The second kappa shape index (κ2) is 5.00. The fraction of sp³-hybridized carbons (Fsp3) is 0.300. The summed E-state index contributed by atoms with van der Waals surface area (Å²) in [5.41, 5.74) is 1.88. The molecular weight excluding hydrogens is 244 g/mol. The maximum absolute atomic E-state index is 11.2. The molecule has 2 amide bonds. The zero-order valence-electron chi connectivity index (χ0n) is 8.23. The van der Waals surface area contributed by atoms with Crippen LogP contribution in [0.2, 0.25) is 0 Å². The second-order valence-electron chi connectivity index (χ2n) is 2.92. The van der Waals surface area contributed by atoms with Crippen molar-refractivity contribution in [2.75, 3.05) is 11.9 Å². The van der Waals surface area contributed by atoms with Gasteiger partial charge in [-0.2, -0.15) is 0 Å². The topological polar surface area (TPSA) is 41.1 Å². The molecule has 0 aliphatic rings. The third-order valence-electron chi connectivity index (χ3n) is 1.78. The lowest BCUT2D eigenvalue weighted by atomic mass is 10.2. The Bertz CT molecular complexity index is 339. The normalized spacial score (nSPS) is 9.64. The quantitative estimate of drug-likeness (QED) is 0.840. The Kier molecular flexibility index (Phi) is 3.95. The van der Waals surface area contributed by atoms with E-state index in [1.807, 2.05) is 32.0 Å². The SMILES string of the molecule is CCNC(=O)Nc1cccc(C)c1Br. The van der Waals surface area contributed by atoms with E-state index in [1.54, 1.807) is 0 Å². The summed E-state index contributed by atoms with van der Waals surface area (Å²) in [6, 6.07) is 5.56. The van der Waals surface area contributed by atoms with Crippen LogP contribution in [0.5, 0.6) is 0 Å². The van der Waals surface area contributed by atoms with Gasteiger partial charge in [-0.15, -0.1) is 0 Å². The van der Waals surface area contributed by atoms with Gasteiger partial charge in [-0.25, -0.2) is 4.79 Å². The van der Waals surface area contributed by atoms with E-state index in [4.69, 9.17) is 0 Å². The molecule has 1 rings (SSSR count). The molecule has 1 aromatic carbocycles. The van der Waals surface area contributed by atoms with Crippen LogP contribution in [0.15, 0.2) is 22.7 Å². The van der Waals surface area contributed by atoms with Gasteiger partial charge >= 0.3 is 6.03 Å². The van der Waals surface area contributed by atoms with Gasteiger partial charge in [-0.3, -0.25) is 0 Å². The van der Waals surface area contributed by atoms with Crippen LogP contribution in [0.4, 0.5) is 10.5 Å². The average molecular weight is 257 g/mol. The molecule has 0 fully saturated rings. The number of benzene rings is 1.